The molecule has 0 radical (unpaired) electrons. The largest absolute Gasteiger partial charge is 0.443 e. The molecule has 2 saturated carbocycles. The van der Waals surface area contributed by atoms with Crippen LogP contribution in [0.15, 0.2) is 35.1 Å². The molecular weight excluding hydrogens is 464 g/mol. The summed E-state index contributed by atoms with van der Waals surface area (Å²) < 4.78 is 12.8. The van der Waals surface area contributed by atoms with Crippen LogP contribution in [0, 0.1) is 17.3 Å². The second kappa shape index (κ2) is 7.11. The van der Waals surface area contributed by atoms with Crippen LogP contribution in [0.5, 0.6) is 0 Å². The van der Waals surface area contributed by atoms with Crippen LogP contribution in [0.25, 0.3) is 16.7 Å². The molecule has 2 aliphatic heterocycles. The molecule has 35 heavy (non-hydrogen) atoms. The van der Waals surface area contributed by atoms with Crippen molar-refractivity contribution >= 4 is 28.3 Å². The molecule has 2 spiro atoms. The van der Waals surface area contributed by atoms with Crippen LogP contribution in [-0.4, -0.2) is 68.5 Å². The Bertz CT molecular complexity index is 1230. The van der Waals surface area contributed by atoms with Crippen molar-refractivity contribution in [3.8, 4) is 0 Å². The van der Waals surface area contributed by atoms with Crippen LogP contribution in [0.3, 0.4) is 0 Å². The molecule has 0 amide bonds. The Labute approximate surface area is 211 Å². The van der Waals surface area contributed by atoms with E-state index < -0.39 is 28.3 Å². The van der Waals surface area contributed by atoms with E-state index in [2.05, 4.69) is 30.1 Å². The first-order chi connectivity index (χ1) is 16.6. The zero-order chi connectivity index (χ0) is 24.4. The van der Waals surface area contributed by atoms with E-state index in [0.29, 0.717) is 6.42 Å². The summed E-state index contributed by atoms with van der Waals surface area (Å²) in [7, 11) is 3.96. The minimum atomic E-state index is -0.817. The number of rotatable bonds is 2. The van der Waals surface area contributed by atoms with Crippen molar-refractivity contribution in [3.63, 3.8) is 0 Å². The van der Waals surface area contributed by atoms with Gasteiger partial charge in [0.1, 0.15) is 5.52 Å². The van der Waals surface area contributed by atoms with Crippen molar-refractivity contribution in [1.29, 1.82) is 0 Å². The lowest BCUT2D eigenvalue weighted by atomic mass is 9.52. The highest BCUT2D eigenvalue weighted by molar-refractivity contribution is 6.25. The van der Waals surface area contributed by atoms with Gasteiger partial charge in [-0.05, 0) is 87.7 Å². The number of aliphatic hydroxyl groups excluding tert-OH is 2. The highest BCUT2D eigenvalue weighted by Gasteiger charge is 2.76. The lowest BCUT2D eigenvalue weighted by Crippen LogP contribution is -2.72. The van der Waals surface area contributed by atoms with E-state index in [1.165, 1.54) is 17.5 Å². The highest BCUT2D eigenvalue weighted by atomic mass is 35.5. The van der Waals surface area contributed by atoms with Crippen LogP contribution < -0.4 is 0 Å². The maximum absolute atomic E-state index is 11.3. The molecule has 3 heterocycles. The third-order valence-corrected chi connectivity index (χ3v) is 11.5. The molecule has 9 atom stereocenters. The van der Waals surface area contributed by atoms with Crippen LogP contribution in [0.4, 0.5) is 0 Å². The Morgan fingerprint density at radius 3 is 2.71 bits per heavy atom. The van der Waals surface area contributed by atoms with Gasteiger partial charge < -0.3 is 24.3 Å². The molecule has 9 unspecified atom stereocenters. The molecule has 2 N–H and O–H groups in total. The standard InChI is InChI=1S/C28H35ClN2O4/c1-25-8-10-27(29)13-18-23(32)24(33)20(31(2)3)14-26(18)9-11-28(27,35-26)22(25)7-5-17(25)16-4-6-21-19(12-16)30-15-34-21/h4-6,12,15,18,20,22-24,32-33H,7-11,13-14H2,1-3H3. The summed E-state index contributed by atoms with van der Waals surface area (Å²) in [5.74, 6) is 0.154. The fourth-order valence-electron chi connectivity index (χ4n) is 9.03. The predicted octanol–water partition coefficient (Wildman–Crippen LogP) is 4.37. The molecule has 188 valence electrons. The third-order valence-electron chi connectivity index (χ3n) is 10.8. The second-order valence-electron chi connectivity index (χ2n) is 12.4. The second-order valence-corrected chi connectivity index (χ2v) is 13.1. The molecular formula is C28H35ClN2O4. The SMILES string of the molecule is CN(C)C1CC23CCC4(O2)C2CC=C(c5ccc6ocnc6c5)C2(C)CCC4(Cl)CC3C(O)C1O. The van der Waals surface area contributed by atoms with E-state index >= 15 is 0 Å². The number of nitrogens with zero attached hydrogens (tertiary/aromatic N) is 2. The third kappa shape index (κ3) is 2.73. The highest BCUT2D eigenvalue weighted by Crippen LogP contribution is 2.73. The van der Waals surface area contributed by atoms with E-state index in [9.17, 15) is 10.2 Å². The minimum Gasteiger partial charge on any atom is -0.443 e. The fourth-order valence-corrected chi connectivity index (χ4v) is 9.56. The summed E-state index contributed by atoms with van der Waals surface area (Å²) in [6, 6.07) is 6.19. The number of fused-ring (bicyclic) bond motifs is 2. The Morgan fingerprint density at radius 1 is 1.09 bits per heavy atom. The fraction of sp³-hybridized carbons (Fsp3) is 0.679. The number of halogens is 1. The summed E-state index contributed by atoms with van der Waals surface area (Å²) in [5.41, 5.74) is 3.39. The number of ether oxygens (including phenoxy) is 1. The molecule has 2 bridgehead atoms. The van der Waals surface area contributed by atoms with E-state index in [1.54, 1.807) is 0 Å². The molecule has 5 aliphatic rings. The number of hydrogen-bond acceptors (Lipinski definition) is 6. The first-order valence-corrected chi connectivity index (χ1v) is 13.5. The maximum atomic E-state index is 11.3. The van der Waals surface area contributed by atoms with E-state index in [4.69, 9.17) is 20.8 Å². The first kappa shape index (κ1) is 22.7. The maximum Gasteiger partial charge on any atom is 0.181 e. The number of benzene rings is 1. The Kier molecular flexibility index (Phi) is 4.62. The average Bonchev–Trinajstić information content (AvgIpc) is 3.52. The molecule has 7 heteroatoms. The molecule has 3 aliphatic carbocycles. The van der Waals surface area contributed by atoms with Crippen molar-refractivity contribution in [2.24, 2.45) is 17.3 Å². The molecule has 7 rings (SSSR count). The number of allylic oxidation sites excluding steroid dienone is 2. The number of oxazole rings is 1. The zero-order valence-electron chi connectivity index (χ0n) is 20.7. The minimum absolute atomic E-state index is 0.0398. The van der Waals surface area contributed by atoms with Gasteiger partial charge in [-0.15, -0.1) is 11.6 Å². The summed E-state index contributed by atoms with van der Waals surface area (Å²) in [5, 5.41) is 22.2. The van der Waals surface area contributed by atoms with Crippen molar-refractivity contribution in [1.82, 2.24) is 9.88 Å². The van der Waals surface area contributed by atoms with Crippen LogP contribution in [0.2, 0.25) is 0 Å². The summed E-state index contributed by atoms with van der Waals surface area (Å²) in [6.07, 6.45) is 8.35. The van der Waals surface area contributed by atoms with Gasteiger partial charge in [0.15, 0.2) is 12.0 Å². The van der Waals surface area contributed by atoms with Gasteiger partial charge in [-0.2, -0.15) is 0 Å². The molecule has 2 saturated heterocycles. The molecule has 1 aromatic carbocycles. The topological polar surface area (TPSA) is 79.0 Å². The van der Waals surface area contributed by atoms with Gasteiger partial charge in [-0.25, -0.2) is 4.98 Å². The Hall–Kier alpha value is -1.44. The van der Waals surface area contributed by atoms with E-state index in [-0.39, 0.29) is 23.3 Å². The molecule has 6 nitrogen and oxygen atoms in total. The van der Waals surface area contributed by atoms with E-state index in [0.717, 1.165) is 49.6 Å². The lowest BCUT2D eigenvalue weighted by Gasteiger charge is -2.65. The number of alkyl halides is 1. The van der Waals surface area contributed by atoms with Gasteiger partial charge in [-0.3, -0.25) is 0 Å². The summed E-state index contributed by atoms with van der Waals surface area (Å²) >= 11 is 7.60. The quantitative estimate of drug-likeness (QED) is 0.598. The van der Waals surface area contributed by atoms with Gasteiger partial charge in [0, 0.05) is 17.9 Å². The average molecular weight is 499 g/mol. The van der Waals surface area contributed by atoms with Crippen molar-refractivity contribution in [2.75, 3.05) is 14.1 Å². The number of likely N-dealkylation sites (N-methyl/N-ethyl adjacent to an activating group) is 1. The van der Waals surface area contributed by atoms with Gasteiger partial charge >= 0.3 is 0 Å². The van der Waals surface area contributed by atoms with E-state index in [1.807, 2.05) is 25.1 Å². The Balaban J connectivity index is 1.28. The van der Waals surface area contributed by atoms with Gasteiger partial charge in [-0.1, -0.05) is 19.1 Å². The van der Waals surface area contributed by atoms with Gasteiger partial charge in [0.05, 0.1) is 28.3 Å². The molecule has 1 aromatic heterocycles. The predicted molar refractivity (Wildman–Crippen MR) is 134 cm³/mol. The molecule has 4 fully saturated rings. The lowest BCUT2D eigenvalue weighted by molar-refractivity contribution is -0.276. The Morgan fingerprint density at radius 2 is 1.91 bits per heavy atom. The smallest absolute Gasteiger partial charge is 0.181 e. The van der Waals surface area contributed by atoms with Gasteiger partial charge in [0.2, 0.25) is 0 Å². The van der Waals surface area contributed by atoms with Crippen LogP contribution >= 0.6 is 11.6 Å². The summed E-state index contributed by atoms with van der Waals surface area (Å²) in [4.78, 5) is 5.90. The number of aromatic nitrogens is 1. The molecule has 2 aromatic rings. The van der Waals surface area contributed by atoms with Crippen LogP contribution in [0.1, 0.15) is 57.4 Å². The van der Waals surface area contributed by atoms with Gasteiger partial charge in [0.25, 0.3) is 0 Å². The number of aliphatic hydroxyl groups is 2. The van der Waals surface area contributed by atoms with Crippen molar-refractivity contribution in [2.45, 2.75) is 86.2 Å². The monoisotopic (exact) mass is 498 g/mol. The van der Waals surface area contributed by atoms with Crippen molar-refractivity contribution in [3.05, 3.63) is 36.2 Å². The zero-order valence-corrected chi connectivity index (χ0v) is 21.5. The normalized spacial score (nSPS) is 48.5. The number of hydrogen-bond donors (Lipinski definition) is 2. The first-order valence-electron chi connectivity index (χ1n) is 13.1. The van der Waals surface area contributed by atoms with Crippen LogP contribution in [-0.2, 0) is 4.74 Å². The van der Waals surface area contributed by atoms with Crippen molar-refractivity contribution < 1.29 is 19.4 Å². The summed E-state index contributed by atoms with van der Waals surface area (Å²) in [6.45, 7) is 2.40.